The molecule has 6 nitrogen and oxygen atoms in total. The number of likely N-dealkylation sites (tertiary alicyclic amines) is 1. The van der Waals surface area contributed by atoms with Crippen molar-refractivity contribution in [2.75, 3.05) is 13.2 Å². The Balaban J connectivity index is 1.68. The first-order valence-corrected chi connectivity index (χ1v) is 10.2. The molecule has 1 aliphatic rings. The van der Waals surface area contributed by atoms with Crippen molar-refractivity contribution in [3.8, 4) is 0 Å². The SMILES string of the molecule is CC(C)(C)OC(=O)N1CC[C@@H](OC(=O)c2ccccc2)[C@H]1COCc1ccccc1. The van der Waals surface area contributed by atoms with Crippen LogP contribution in [0.2, 0.25) is 0 Å². The maximum atomic E-state index is 12.7. The van der Waals surface area contributed by atoms with Gasteiger partial charge in [-0.05, 0) is 38.5 Å². The van der Waals surface area contributed by atoms with E-state index in [0.717, 1.165) is 5.56 Å². The van der Waals surface area contributed by atoms with E-state index in [0.29, 0.717) is 25.1 Å². The fourth-order valence-corrected chi connectivity index (χ4v) is 3.36. The van der Waals surface area contributed by atoms with Crippen LogP contribution in [0.1, 0.15) is 43.1 Å². The molecule has 1 amide bonds. The summed E-state index contributed by atoms with van der Waals surface area (Å²) >= 11 is 0. The lowest BCUT2D eigenvalue weighted by Gasteiger charge is -2.30. The lowest BCUT2D eigenvalue weighted by Crippen LogP contribution is -2.46. The summed E-state index contributed by atoms with van der Waals surface area (Å²) in [5.41, 5.74) is 0.917. The molecular formula is C24H29NO5. The zero-order chi connectivity index (χ0) is 21.6. The highest BCUT2D eigenvalue weighted by molar-refractivity contribution is 5.89. The monoisotopic (exact) mass is 411 g/mol. The van der Waals surface area contributed by atoms with Crippen molar-refractivity contribution >= 4 is 12.1 Å². The molecule has 6 heteroatoms. The molecule has 30 heavy (non-hydrogen) atoms. The fourth-order valence-electron chi connectivity index (χ4n) is 3.36. The third kappa shape index (κ3) is 6.07. The number of hydrogen-bond acceptors (Lipinski definition) is 5. The van der Waals surface area contributed by atoms with Gasteiger partial charge in [0.2, 0.25) is 0 Å². The standard InChI is InChI=1S/C24H29NO5/c1-24(2,3)30-23(27)25-15-14-21(29-22(26)19-12-8-5-9-13-19)20(25)17-28-16-18-10-6-4-7-11-18/h4-13,20-21H,14-17H2,1-3H3/t20-,21-/m1/s1. The normalized spacial score (nSPS) is 18.8. The van der Waals surface area contributed by atoms with E-state index >= 15 is 0 Å². The number of nitrogens with zero attached hydrogens (tertiary/aromatic N) is 1. The average molecular weight is 411 g/mol. The second kappa shape index (κ2) is 9.76. The van der Waals surface area contributed by atoms with E-state index in [9.17, 15) is 9.59 Å². The van der Waals surface area contributed by atoms with Gasteiger partial charge in [0.25, 0.3) is 0 Å². The molecule has 1 aliphatic heterocycles. The quantitative estimate of drug-likeness (QED) is 0.658. The molecular weight excluding hydrogens is 382 g/mol. The van der Waals surface area contributed by atoms with Crippen LogP contribution < -0.4 is 0 Å². The van der Waals surface area contributed by atoms with E-state index in [-0.39, 0.29) is 6.61 Å². The minimum Gasteiger partial charge on any atom is -0.456 e. The van der Waals surface area contributed by atoms with Crippen molar-refractivity contribution in [2.45, 2.75) is 51.5 Å². The van der Waals surface area contributed by atoms with Crippen LogP contribution in [0, 0.1) is 0 Å². The van der Waals surface area contributed by atoms with E-state index in [2.05, 4.69) is 0 Å². The van der Waals surface area contributed by atoms with Crippen LogP contribution in [-0.4, -0.2) is 47.9 Å². The second-order valence-electron chi connectivity index (χ2n) is 8.34. The van der Waals surface area contributed by atoms with Crippen LogP contribution >= 0.6 is 0 Å². The first-order valence-electron chi connectivity index (χ1n) is 10.2. The Kier molecular flexibility index (Phi) is 7.11. The van der Waals surface area contributed by atoms with Gasteiger partial charge >= 0.3 is 12.1 Å². The summed E-state index contributed by atoms with van der Waals surface area (Å²) in [6.07, 6.45) is -0.341. The van der Waals surface area contributed by atoms with Gasteiger partial charge in [0.1, 0.15) is 11.7 Å². The summed E-state index contributed by atoms with van der Waals surface area (Å²) < 4.78 is 17.2. The average Bonchev–Trinajstić information content (AvgIpc) is 3.11. The number of amides is 1. The van der Waals surface area contributed by atoms with Crippen LogP contribution in [-0.2, 0) is 20.8 Å². The number of carbonyl (C=O) groups excluding carboxylic acids is 2. The maximum Gasteiger partial charge on any atom is 0.410 e. The lowest BCUT2D eigenvalue weighted by atomic mass is 10.1. The van der Waals surface area contributed by atoms with Crippen molar-refractivity contribution in [3.63, 3.8) is 0 Å². The molecule has 0 N–H and O–H groups in total. The van der Waals surface area contributed by atoms with Gasteiger partial charge in [-0.1, -0.05) is 48.5 Å². The summed E-state index contributed by atoms with van der Waals surface area (Å²) in [4.78, 5) is 26.9. The van der Waals surface area contributed by atoms with Gasteiger partial charge < -0.3 is 14.2 Å². The largest absolute Gasteiger partial charge is 0.456 e. The molecule has 0 aromatic heterocycles. The number of hydrogen-bond donors (Lipinski definition) is 0. The van der Waals surface area contributed by atoms with Gasteiger partial charge in [0.15, 0.2) is 0 Å². The first kappa shape index (κ1) is 21.8. The Bertz CT molecular complexity index is 832. The molecule has 0 saturated carbocycles. The predicted octanol–water partition coefficient (Wildman–Crippen LogP) is 4.44. The van der Waals surface area contributed by atoms with Crippen molar-refractivity contribution in [2.24, 2.45) is 0 Å². The van der Waals surface area contributed by atoms with Crippen molar-refractivity contribution in [3.05, 3.63) is 71.8 Å². The van der Waals surface area contributed by atoms with Gasteiger partial charge in [-0.3, -0.25) is 4.90 Å². The summed E-state index contributed by atoms with van der Waals surface area (Å²) in [7, 11) is 0. The molecule has 0 bridgehead atoms. The highest BCUT2D eigenvalue weighted by atomic mass is 16.6. The molecule has 2 atom stereocenters. The van der Waals surface area contributed by atoms with Crippen LogP contribution in [0.5, 0.6) is 0 Å². The van der Waals surface area contributed by atoms with Crippen LogP contribution in [0.3, 0.4) is 0 Å². The number of carbonyl (C=O) groups is 2. The van der Waals surface area contributed by atoms with Crippen molar-refractivity contribution < 1.29 is 23.8 Å². The molecule has 0 aliphatic carbocycles. The Labute approximate surface area is 177 Å². The van der Waals surface area contributed by atoms with Crippen molar-refractivity contribution in [1.29, 1.82) is 0 Å². The van der Waals surface area contributed by atoms with Crippen molar-refractivity contribution in [1.82, 2.24) is 4.90 Å². The van der Waals surface area contributed by atoms with Gasteiger partial charge in [-0.2, -0.15) is 0 Å². The number of benzene rings is 2. The summed E-state index contributed by atoms with van der Waals surface area (Å²) in [6, 6.07) is 18.2. The van der Waals surface area contributed by atoms with E-state index in [1.807, 2.05) is 57.2 Å². The molecule has 1 heterocycles. The highest BCUT2D eigenvalue weighted by Gasteiger charge is 2.41. The summed E-state index contributed by atoms with van der Waals surface area (Å²) in [5.74, 6) is -0.403. The minimum absolute atomic E-state index is 0.251. The van der Waals surface area contributed by atoms with Gasteiger partial charge in [-0.25, -0.2) is 9.59 Å². The first-order chi connectivity index (χ1) is 14.3. The lowest BCUT2D eigenvalue weighted by molar-refractivity contribution is -0.0188. The summed E-state index contributed by atoms with van der Waals surface area (Å²) in [6.45, 7) is 6.60. The predicted molar refractivity (Wildman–Crippen MR) is 113 cm³/mol. The van der Waals surface area contributed by atoms with Crippen LogP contribution in [0.4, 0.5) is 4.79 Å². The Morgan fingerprint density at radius 3 is 2.27 bits per heavy atom. The molecule has 2 aromatic rings. The molecule has 160 valence electrons. The van der Waals surface area contributed by atoms with Crippen LogP contribution in [0.15, 0.2) is 60.7 Å². The second-order valence-corrected chi connectivity index (χ2v) is 8.34. The van der Waals surface area contributed by atoms with E-state index < -0.39 is 29.8 Å². The number of rotatable bonds is 6. The van der Waals surface area contributed by atoms with Gasteiger partial charge in [0.05, 0.1) is 24.8 Å². The number of esters is 1. The topological polar surface area (TPSA) is 65.1 Å². The minimum atomic E-state index is -0.606. The van der Waals surface area contributed by atoms with Crippen LogP contribution in [0.25, 0.3) is 0 Å². The Hall–Kier alpha value is -2.86. The zero-order valence-electron chi connectivity index (χ0n) is 17.7. The smallest absolute Gasteiger partial charge is 0.410 e. The third-order valence-electron chi connectivity index (χ3n) is 4.78. The molecule has 0 unspecified atom stereocenters. The van der Waals surface area contributed by atoms with Gasteiger partial charge in [-0.15, -0.1) is 0 Å². The molecule has 0 radical (unpaired) electrons. The molecule has 2 aromatic carbocycles. The third-order valence-corrected chi connectivity index (χ3v) is 4.78. The molecule has 1 fully saturated rings. The Morgan fingerprint density at radius 2 is 1.63 bits per heavy atom. The van der Waals surface area contributed by atoms with E-state index in [4.69, 9.17) is 14.2 Å². The van der Waals surface area contributed by atoms with E-state index in [1.54, 1.807) is 29.2 Å². The highest BCUT2D eigenvalue weighted by Crippen LogP contribution is 2.25. The maximum absolute atomic E-state index is 12.7. The number of ether oxygens (including phenoxy) is 3. The fraction of sp³-hybridized carbons (Fsp3) is 0.417. The molecule has 0 spiro atoms. The zero-order valence-corrected chi connectivity index (χ0v) is 17.7. The summed E-state index contributed by atoms with van der Waals surface area (Å²) in [5, 5.41) is 0. The van der Waals surface area contributed by atoms with E-state index in [1.165, 1.54) is 0 Å². The molecule has 1 saturated heterocycles. The Morgan fingerprint density at radius 1 is 1.00 bits per heavy atom. The molecule has 3 rings (SSSR count). The van der Waals surface area contributed by atoms with Gasteiger partial charge in [0, 0.05) is 13.0 Å².